The molecule has 0 saturated carbocycles. The van der Waals surface area contributed by atoms with E-state index in [1.807, 2.05) is 12.1 Å². The Hall–Kier alpha value is -1.11. The van der Waals surface area contributed by atoms with Crippen molar-refractivity contribution < 1.29 is 4.79 Å². The van der Waals surface area contributed by atoms with Crippen LogP contribution in [0.4, 0.5) is 9.93 Å². The molecule has 1 aliphatic carbocycles. The summed E-state index contributed by atoms with van der Waals surface area (Å²) in [5.74, 6) is 0. The zero-order chi connectivity index (χ0) is 13.9. The summed E-state index contributed by atoms with van der Waals surface area (Å²) in [6.07, 6.45) is 4.54. The number of thiophene rings is 1. The van der Waals surface area contributed by atoms with E-state index in [-0.39, 0.29) is 6.03 Å². The van der Waals surface area contributed by atoms with Crippen LogP contribution in [0.2, 0.25) is 4.34 Å². The maximum absolute atomic E-state index is 11.8. The molecule has 0 aromatic carbocycles. The monoisotopic (exact) mass is 327 g/mol. The van der Waals surface area contributed by atoms with Crippen molar-refractivity contribution in [2.75, 3.05) is 5.32 Å². The molecule has 3 rings (SSSR count). The molecule has 4 nitrogen and oxygen atoms in total. The van der Waals surface area contributed by atoms with Crippen molar-refractivity contribution in [2.45, 2.75) is 32.2 Å². The van der Waals surface area contributed by atoms with Crippen molar-refractivity contribution in [1.29, 1.82) is 0 Å². The number of aromatic nitrogens is 1. The van der Waals surface area contributed by atoms with Gasteiger partial charge in [0, 0.05) is 9.75 Å². The number of amides is 2. The van der Waals surface area contributed by atoms with Crippen LogP contribution < -0.4 is 10.6 Å². The molecular formula is C13H14ClN3OS2. The summed E-state index contributed by atoms with van der Waals surface area (Å²) in [4.78, 5) is 18.6. The normalized spacial score (nSPS) is 13.8. The average Bonchev–Trinajstić information content (AvgIpc) is 3.01. The third kappa shape index (κ3) is 3.31. The van der Waals surface area contributed by atoms with Crippen LogP contribution in [0.15, 0.2) is 12.1 Å². The quantitative estimate of drug-likeness (QED) is 0.893. The Kier molecular flexibility index (Phi) is 4.24. The molecular weight excluding hydrogens is 314 g/mol. The van der Waals surface area contributed by atoms with Gasteiger partial charge in [-0.3, -0.25) is 5.32 Å². The van der Waals surface area contributed by atoms with Crippen molar-refractivity contribution in [1.82, 2.24) is 10.3 Å². The summed E-state index contributed by atoms with van der Waals surface area (Å²) in [6.45, 7) is 0.480. The minimum Gasteiger partial charge on any atom is -0.333 e. The Balaban J connectivity index is 1.54. The maximum Gasteiger partial charge on any atom is 0.321 e. The first kappa shape index (κ1) is 13.9. The number of anilines is 1. The highest BCUT2D eigenvalue weighted by Crippen LogP contribution is 2.29. The van der Waals surface area contributed by atoms with E-state index in [1.165, 1.54) is 29.1 Å². The number of halogens is 1. The molecule has 2 aromatic heterocycles. The molecule has 0 radical (unpaired) electrons. The van der Waals surface area contributed by atoms with E-state index in [0.29, 0.717) is 11.7 Å². The van der Waals surface area contributed by atoms with E-state index in [9.17, 15) is 4.79 Å². The van der Waals surface area contributed by atoms with Crippen molar-refractivity contribution in [3.05, 3.63) is 31.9 Å². The van der Waals surface area contributed by atoms with E-state index in [1.54, 1.807) is 11.3 Å². The number of aryl methyl sites for hydroxylation is 2. The predicted molar refractivity (Wildman–Crippen MR) is 83.9 cm³/mol. The van der Waals surface area contributed by atoms with Crippen LogP contribution in [0.1, 0.15) is 28.3 Å². The average molecular weight is 328 g/mol. The lowest BCUT2D eigenvalue weighted by atomic mass is 10.0. The van der Waals surface area contributed by atoms with Gasteiger partial charge in [-0.25, -0.2) is 9.78 Å². The van der Waals surface area contributed by atoms with Crippen molar-refractivity contribution in [2.24, 2.45) is 0 Å². The van der Waals surface area contributed by atoms with Crippen LogP contribution >= 0.6 is 34.3 Å². The molecule has 2 amide bonds. The second-order valence-electron chi connectivity index (χ2n) is 4.61. The number of hydrogen-bond donors (Lipinski definition) is 2. The predicted octanol–water partition coefficient (Wildman–Crippen LogP) is 4.06. The van der Waals surface area contributed by atoms with Gasteiger partial charge in [-0.2, -0.15) is 0 Å². The van der Waals surface area contributed by atoms with Gasteiger partial charge in [0.2, 0.25) is 0 Å². The van der Waals surface area contributed by atoms with Gasteiger partial charge in [0.05, 0.1) is 16.6 Å². The van der Waals surface area contributed by atoms with Gasteiger partial charge in [-0.05, 0) is 37.8 Å². The van der Waals surface area contributed by atoms with E-state index in [0.717, 1.165) is 27.7 Å². The van der Waals surface area contributed by atoms with Gasteiger partial charge in [0.15, 0.2) is 5.13 Å². The molecule has 0 unspecified atom stereocenters. The molecule has 0 saturated heterocycles. The van der Waals surface area contributed by atoms with Gasteiger partial charge in [0.25, 0.3) is 0 Å². The molecule has 2 aromatic rings. The number of carbonyl (C=O) groups is 1. The lowest BCUT2D eigenvalue weighted by Gasteiger charge is -2.06. The van der Waals surface area contributed by atoms with E-state index in [2.05, 4.69) is 15.6 Å². The third-order valence-electron chi connectivity index (χ3n) is 3.12. The highest BCUT2D eigenvalue weighted by Gasteiger charge is 2.16. The van der Waals surface area contributed by atoms with E-state index >= 15 is 0 Å². The van der Waals surface area contributed by atoms with Gasteiger partial charge >= 0.3 is 6.03 Å². The van der Waals surface area contributed by atoms with Gasteiger partial charge < -0.3 is 5.32 Å². The molecule has 7 heteroatoms. The van der Waals surface area contributed by atoms with Crippen molar-refractivity contribution in [3.8, 4) is 0 Å². The molecule has 2 N–H and O–H groups in total. The lowest BCUT2D eigenvalue weighted by molar-refractivity contribution is 0.252. The van der Waals surface area contributed by atoms with Crippen LogP contribution in [0, 0.1) is 0 Å². The molecule has 106 valence electrons. The topological polar surface area (TPSA) is 54.0 Å². The van der Waals surface area contributed by atoms with Crippen molar-refractivity contribution >= 4 is 45.4 Å². The van der Waals surface area contributed by atoms with Crippen LogP contribution in [0.3, 0.4) is 0 Å². The third-order valence-corrected chi connectivity index (χ3v) is 5.42. The molecule has 0 aliphatic heterocycles. The second-order valence-corrected chi connectivity index (χ2v) is 7.49. The fraction of sp³-hybridized carbons (Fsp3) is 0.385. The molecule has 1 aliphatic rings. The number of thiazole rings is 1. The van der Waals surface area contributed by atoms with Crippen molar-refractivity contribution in [3.63, 3.8) is 0 Å². The Labute approximate surface area is 130 Å². The first-order chi connectivity index (χ1) is 9.70. The zero-order valence-electron chi connectivity index (χ0n) is 10.7. The minimum atomic E-state index is -0.222. The van der Waals surface area contributed by atoms with Crippen LogP contribution in [-0.4, -0.2) is 11.0 Å². The number of nitrogens with zero attached hydrogens (tertiary/aromatic N) is 1. The maximum atomic E-state index is 11.8. The summed E-state index contributed by atoms with van der Waals surface area (Å²) in [5.41, 5.74) is 1.15. The summed E-state index contributed by atoms with van der Waals surface area (Å²) in [6, 6.07) is 3.52. The zero-order valence-corrected chi connectivity index (χ0v) is 13.1. The number of carbonyl (C=O) groups excluding carboxylic acids is 1. The van der Waals surface area contributed by atoms with E-state index < -0.39 is 0 Å². The summed E-state index contributed by atoms with van der Waals surface area (Å²) in [7, 11) is 0. The Morgan fingerprint density at radius 2 is 2.15 bits per heavy atom. The van der Waals surface area contributed by atoms with Gasteiger partial charge in [-0.15, -0.1) is 22.7 Å². The highest BCUT2D eigenvalue weighted by atomic mass is 35.5. The summed E-state index contributed by atoms with van der Waals surface area (Å²) < 4.78 is 0.731. The van der Waals surface area contributed by atoms with Crippen LogP contribution in [0.5, 0.6) is 0 Å². The SMILES string of the molecule is O=C(NCc1ccc(Cl)s1)Nc1nc2c(s1)CCCC2. The number of rotatable bonds is 3. The standard InChI is InChI=1S/C13H14ClN3OS2/c14-11-6-5-8(19-11)7-15-12(18)17-13-16-9-3-1-2-4-10(9)20-13/h5-6H,1-4,7H2,(H2,15,16,17,18). The van der Waals surface area contributed by atoms with Gasteiger partial charge in [-0.1, -0.05) is 11.6 Å². The molecule has 0 spiro atoms. The lowest BCUT2D eigenvalue weighted by Crippen LogP contribution is -2.27. The molecule has 0 bridgehead atoms. The smallest absolute Gasteiger partial charge is 0.321 e. The highest BCUT2D eigenvalue weighted by molar-refractivity contribution is 7.16. The Morgan fingerprint density at radius 1 is 1.30 bits per heavy atom. The summed E-state index contributed by atoms with van der Waals surface area (Å²) >= 11 is 8.90. The first-order valence-corrected chi connectivity index (χ1v) is 8.49. The van der Waals surface area contributed by atoms with Crippen LogP contribution in [0.25, 0.3) is 0 Å². The largest absolute Gasteiger partial charge is 0.333 e. The van der Waals surface area contributed by atoms with E-state index in [4.69, 9.17) is 11.6 Å². The fourth-order valence-corrected chi connectivity index (χ4v) is 4.23. The fourth-order valence-electron chi connectivity index (χ4n) is 2.16. The molecule has 0 atom stereocenters. The summed E-state index contributed by atoms with van der Waals surface area (Å²) in [5, 5.41) is 6.31. The molecule has 20 heavy (non-hydrogen) atoms. The Bertz CT molecular complexity index is 599. The number of fused-ring (bicyclic) bond motifs is 1. The number of urea groups is 1. The molecule has 2 heterocycles. The molecule has 0 fully saturated rings. The minimum absolute atomic E-state index is 0.222. The first-order valence-electron chi connectivity index (χ1n) is 6.48. The second kappa shape index (κ2) is 6.11. The van der Waals surface area contributed by atoms with Crippen LogP contribution in [-0.2, 0) is 19.4 Å². The number of nitrogens with one attached hydrogen (secondary N) is 2. The number of hydrogen-bond acceptors (Lipinski definition) is 4. The van der Waals surface area contributed by atoms with Gasteiger partial charge in [0.1, 0.15) is 0 Å². The Morgan fingerprint density at radius 3 is 2.90 bits per heavy atom.